The highest BCUT2D eigenvalue weighted by Gasteiger charge is 2.24. The molecule has 1 fully saturated rings. The lowest BCUT2D eigenvalue weighted by Crippen LogP contribution is -2.30. The second-order valence-corrected chi connectivity index (χ2v) is 8.27. The predicted octanol–water partition coefficient (Wildman–Crippen LogP) is 3.08. The maximum absolute atomic E-state index is 12.3. The van der Waals surface area contributed by atoms with Crippen molar-refractivity contribution in [3.8, 4) is 11.5 Å². The monoisotopic (exact) mass is 404 g/mol. The standard InChI is InChI=1S/C23H28N6O/c1-16(2)25-23(30)19-6-4-5-17(14-19)13-18-9-11-29(15-18)21-8-7-20(26-27-21)22-24-10-12-28(22)3/h4-8,10,12,14,16,18H,9,11,13,15H2,1-3H3,(H,25,30). The van der Waals surface area contributed by atoms with Crippen molar-refractivity contribution in [2.45, 2.75) is 32.7 Å². The van der Waals surface area contributed by atoms with Gasteiger partial charge in [-0.15, -0.1) is 10.2 Å². The van der Waals surface area contributed by atoms with Crippen LogP contribution in [0.3, 0.4) is 0 Å². The summed E-state index contributed by atoms with van der Waals surface area (Å²) in [6.07, 6.45) is 5.72. The lowest BCUT2D eigenvalue weighted by Gasteiger charge is -2.17. The van der Waals surface area contributed by atoms with E-state index in [4.69, 9.17) is 0 Å². The fourth-order valence-corrected chi connectivity index (χ4v) is 3.95. The highest BCUT2D eigenvalue weighted by molar-refractivity contribution is 5.94. The predicted molar refractivity (Wildman–Crippen MR) is 117 cm³/mol. The maximum Gasteiger partial charge on any atom is 0.251 e. The number of nitrogens with one attached hydrogen (secondary N) is 1. The first-order valence-electron chi connectivity index (χ1n) is 10.5. The molecule has 1 amide bonds. The Hall–Kier alpha value is -3.22. The quantitative estimate of drug-likeness (QED) is 0.683. The zero-order chi connectivity index (χ0) is 21.1. The Morgan fingerprint density at radius 2 is 2.10 bits per heavy atom. The van der Waals surface area contributed by atoms with Crippen LogP contribution in [0.1, 0.15) is 36.2 Å². The second kappa shape index (κ2) is 8.65. The molecule has 0 saturated carbocycles. The number of carbonyl (C=O) groups is 1. The third-order valence-electron chi connectivity index (χ3n) is 5.44. The summed E-state index contributed by atoms with van der Waals surface area (Å²) in [5.74, 6) is 2.24. The van der Waals surface area contributed by atoms with Gasteiger partial charge in [-0.2, -0.15) is 0 Å². The van der Waals surface area contributed by atoms with E-state index in [1.165, 1.54) is 5.56 Å². The fourth-order valence-electron chi connectivity index (χ4n) is 3.95. The molecular formula is C23H28N6O. The van der Waals surface area contributed by atoms with E-state index >= 15 is 0 Å². The van der Waals surface area contributed by atoms with E-state index in [1.54, 1.807) is 6.20 Å². The Balaban J connectivity index is 1.38. The van der Waals surface area contributed by atoms with Gasteiger partial charge in [-0.05, 0) is 62.4 Å². The van der Waals surface area contributed by atoms with Gasteiger partial charge in [0, 0.05) is 44.1 Å². The van der Waals surface area contributed by atoms with E-state index < -0.39 is 0 Å². The topological polar surface area (TPSA) is 75.9 Å². The number of benzene rings is 1. The molecular weight excluding hydrogens is 376 g/mol. The van der Waals surface area contributed by atoms with Gasteiger partial charge in [-0.25, -0.2) is 4.98 Å². The molecule has 1 N–H and O–H groups in total. The van der Waals surface area contributed by atoms with Crippen LogP contribution in [-0.4, -0.2) is 44.8 Å². The van der Waals surface area contributed by atoms with Crippen LogP contribution in [-0.2, 0) is 13.5 Å². The first-order chi connectivity index (χ1) is 14.5. The average Bonchev–Trinajstić information content (AvgIpc) is 3.37. The van der Waals surface area contributed by atoms with Crippen molar-refractivity contribution in [3.63, 3.8) is 0 Å². The molecule has 1 atom stereocenters. The number of hydrogen-bond donors (Lipinski definition) is 1. The molecule has 2 aromatic heterocycles. The van der Waals surface area contributed by atoms with Gasteiger partial charge in [0.1, 0.15) is 5.69 Å². The number of imidazole rings is 1. The number of aryl methyl sites for hydroxylation is 1. The SMILES string of the molecule is CC(C)NC(=O)c1cccc(CC2CCN(c3ccc(-c4nccn4C)nn3)C2)c1. The molecule has 0 radical (unpaired) electrons. The summed E-state index contributed by atoms with van der Waals surface area (Å²) in [5, 5.41) is 11.8. The highest BCUT2D eigenvalue weighted by Crippen LogP contribution is 2.26. The van der Waals surface area contributed by atoms with Crippen LogP contribution < -0.4 is 10.2 Å². The molecule has 30 heavy (non-hydrogen) atoms. The van der Waals surface area contributed by atoms with Crippen molar-refractivity contribution in [2.24, 2.45) is 13.0 Å². The third-order valence-corrected chi connectivity index (χ3v) is 5.44. The molecule has 1 aromatic carbocycles. The summed E-state index contributed by atoms with van der Waals surface area (Å²) in [4.78, 5) is 18.9. The molecule has 3 aromatic rings. The van der Waals surface area contributed by atoms with Crippen molar-refractivity contribution >= 4 is 11.7 Å². The molecule has 0 bridgehead atoms. The second-order valence-electron chi connectivity index (χ2n) is 8.27. The van der Waals surface area contributed by atoms with E-state index in [-0.39, 0.29) is 11.9 Å². The molecule has 1 aliphatic heterocycles. The molecule has 0 aliphatic carbocycles. The maximum atomic E-state index is 12.3. The number of amides is 1. The summed E-state index contributed by atoms with van der Waals surface area (Å²) < 4.78 is 1.94. The van der Waals surface area contributed by atoms with Gasteiger partial charge in [0.05, 0.1) is 0 Å². The molecule has 4 rings (SSSR count). The summed E-state index contributed by atoms with van der Waals surface area (Å²) >= 11 is 0. The van der Waals surface area contributed by atoms with Gasteiger partial charge in [0.2, 0.25) is 0 Å². The van der Waals surface area contributed by atoms with Crippen molar-refractivity contribution in [2.75, 3.05) is 18.0 Å². The third kappa shape index (κ3) is 4.50. The normalized spacial score (nSPS) is 16.3. The number of nitrogens with zero attached hydrogens (tertiary/aromatic N) is 5. The summed E-state index contributed by atoms with van der Waals surface area (Å²) in [5.41, 5.74) is 2.71. The van der Waals surface area contributed by atoms with Crippen LogP contribution in [0.15, 0.2) is 48.8 Å². The number of carbonyl (C=O) groups excluding carboxylic acids is 1. The Bertz CT molecular complexity index is 1010. The summed E-state index contributed by atoms with van der Waals surface area (Å²) in [6.45, 7) is 5.86. The van der Waals surface area contributed by atoms with Crippen molar-refractivity contribution in [1.29, 1.82) is 0 Å². The zero-order valence-electron chi connectivity index (χ0n) is 17.7. The van der Waals surface area contributed by atoms with E-state index in [2.05, 4.69) is 31.5 Å². The van der Waals surface area contributed by atoms with E-state index in [0.29, 0.717) is 5.92 Å². The minimum atomic E-state index is -0.0111. The Morgan fingerprint density at radius 3 is 2.80 bits per heavy atom. The first kappa shape index (κ1) is 20.1. The number of rotatable bonds is 6. The molecule has 1 aliphatic rings. The lowest BCUT2D eigenvalue weighted by atomic mass is 9.97. The van der Waals surface area contributed by atoms with E-state index in [0.717, 1.165) is 48.8 Å². The highest BCUT2D eigenvalue weighted by atomic mass is 16.1. The van der Waals surface area contributed by atoms with Crippen LogP contribution in [0, 0.1) is 5.92 Å². The average molecular weight is 405 g/mol. The van der Waals surface area contributed by atoms with Crippen molar-refractivity contribution in [1.82, 2.24) is 25.1 Å². The Labute approximate surface area is 177 Å². The fraction of sp³-hybridized carbons (Fsp3) is 0.391. The van der Waals surface area contributed by atoms with E-state index in [9.17, 15) is 4.79 Å². The number of anilines is 1. The molecule has 7 nitrogen and oxygen atoms in total. The molecule has 156 valence electrons. The summed E-state index contributed by atoms with van der Waals surface area (Å²) in [6, 6.07) is 12.1. The van der Waals surface area contributed by atoms with E-state index in [1.807, 2.05) is 62.0 Å². The minimum absolute atomic E-state index is 0.0111. The van der Waals surface area contributed by atoms with Crippen LogP contribution >= 0.6 is 0 Å². The van der Waals surface area contributed by atoms with Crippen LogP contribution in [0.2, 0.25) is 0 Å². The van der Waals surface area contributed by atoms with Gasteiger partial charge < -0.3 is 14.8 Å². The van der Waals surface area contributed by atoms with Gasteiger partial charge in [0.25, 0.3) is 5.91 Å². The van der Waals surface area contributed by atoms with Gasteiger partial charge >= 0.3 is 0 Å². The molecule has 7 heteroatoms. The number of aromatic nitrogens is 4. The van der Waals surface area contributed by atoms with Crippen molar-refractivity contribution in [3.05, 3.63) is 59.9 Å². The first-order valence-corrected chi connectivity index (χ1v) is 10.5. The Kier molecular flexibility index (Phi) is 5.79. The molecule has 1 saturated heterocycles. The van der Waals surface area contributed by atoms with Crippen LogP contribution in [0.25, 0.3) is 11.5 Å². The smallest absolute Gasteiger partial charge is 0.251 e. The van der Waals surface area contributed by atoms with Gasteiger partial charge in [-0.1, -0.05) is 12.1 Å². The van der Waals surface area contributed by atoms with Gasteiger partial charge in [0.15, 0.2) is 11.6 Å². The minimum Gasteiger partial charge on any atom is -0.355 e. The molecule has 0 spiro atoms. The molecule has 3 heterocycles. The summed E-state index contributed by atoms with van der Waals surface area (Å²) in [7, 11) is 1.95. The zero-order valence-corrected chi connectivity index (χ0v) is 17.7. The number of hydrogen-bond acceptors (Lipinski definition) is 5. The Morgan fingerprint density at radius 1 is 1.23 bits per heavy atom. The van der Waals surface area contributed by atoms with Crippen LogP contribution in [0.4, 0.5) is 5.82 Å². The van der Waals surface area contributed by atoms with Crippen molar-refractivity contribution < 1.29 is 4.79 Å². The molecule has 1 unspecified atom stereocenters. The lowest BCUT2D eigenvalue weighted by molar-refractivity contribution is 0.0943. The van der Waals surface area contributed by atoms with Gasteiger partial charge in [-0.3, -0.25) is 4.79 Å². The van der Waals surface area contributed by atoms with Crippen LogP contribution in [0.5, 0.6) is 0 Å². The largest absolute Gasteiger partial charge is 0.355 e.